The van der Waals surface area contributed by atoms with Gasteiger partial charge in [0.2, 0.25) is 0 Å². The molecule has 0 unspecified atom stereocenters. The Balaban J connectivity index is 2.00. The molecule has 1 amide bonds. The van der Waals surface area contributed by atoms with Crippen LogP contribution in [-0.2, 0) is 0 Å². The minimum Gasteiger partial charge on any atom is -0.359 e. The van der Waals surface area contributed by atoms with E-state index in [2.05, 4.69) is 10.1 Å². The van der Waals surface area contributed by atoms with Crippen molar-refractivity contribution < 1.29 is 9.32 Å². The van der Waals surface area contributed by atoms with Gasteiger partial charge in [0, 0.05) is 24.2 Å². The molecule has 0 fully saturated rings. The summed E-state index contributed by atoms with van der Waals surface area (Å²) in [4.78, 5) is 18.5. The lowest BCUT2D eigenvalue weighted by molar-refractivity contribution is 0.0992. The highest BCUT2D eigenvalue weighted by Gasteiger charge is 2.20. The number of anilines is 1. The minimum atomic E-state index is -0.102. The number of benzene rings is 1. The molecule has 0 N–H and O–H groups in total. The van der Waals surface area contributed by atoms with Crippen molar-refractivity contribution in [2.24, 2.45) is 0 Å². The third-order valence-corrected chi connectivity index (χ3v) is 3.49. The van der Waals surface area contributed by atoms with Crippen LogP contribution in [0, 0.1) is 13.8 Å². The number of hydrogen-bond acceptors (Lipinski definition) is 4. The molecule has 0 atom stereocenters. The van der Waals surface area contributed by atoms with Crippen LogP contribution in [-0.4, -0.2) is 23.1 Å². The van der Waals surface area contributed by atoms with Crippen molar-refractivity contribution in [1.29, 1.82) is 0 Å². The molecule has 1 aromatic carbocycles. The molecule has 0 saturated carbocycles. The van der Waals surface area contributed by atoms with Crippen LogP contribution in [0.5, 0.6) is 0 Å². The van der Waals surface area contributed by atoms with Crippen molar-refractivity contribution in [3.63, 3.8) is 0 Å². The average Bonchev–Trinajstić information content (AvgIpc) is 2.84. The zero-order valence-corrected chi connectivity index (χ0v) is 12.1. The predicted octanol–water partition coefficient (Wildman–Crippen LogP) is 3.12. The Hall–Kier alpha value is -2.69. The summed E-state index contributed by atoms with van der Waals surface area (Å²) < 4.78 is 5.12. The molecule has 2 heterocycles. The summed E-state index contributed by atoms with van der Waals surface area (Å²) in [6.45, 7) is 3.61. The van der Waals surface area contributed by atoms with E-state index in [-0.39, 0.29) is 5.91 Å². The fraction of sp³-hybridized carbons (Fsp3) is 0.188. The lowest BCUT2D eigenvalue weighted by Crippen LogP contribution is -2.27. The summed E-state index contributed by atoms with van der Waals surface area (Å²) in [5.74, 6) is 0.529. The van der Waals surface area contributed by atoms with Gasteiger partial charge in [-0.3, -0.25) is 9.78 Å². The summed E-state index contributed by atoms with van der Waals surface area (Å²) in [5.41, 5.74) is 2.89. The molecular formula is C16H15N3O2. The molecule has 21 heavy (non-hydrogen) atoms. The Kier molecular flexibility index (Phi) is 3.17. The van der Waals surface area contributed by atoms with Gasteiger partial charge < -0.3 is 9.42 Å². The second kappa shape index (κ2) is 5.01. The Labute approximate surface area is 122 Å². The average molecular weight is 281 g/mol. The number of carbonyl (C=O) groups is 1. The summed E-state index contributed by atoms with van der Waals surface area (Å²) in [6, 6.07) is 9.28. The highest BCUT2D eigenvalue weighted by molar-refractivity contribution is 6.07. The van der Waals surface area contributed by atoms with Gasteiger partial charge in [0.05, 0.1) is 5.52 Å². The lowest BCUT2D eigenvalue weighted by atomic mass is 10.1. The molecule has 5 nitrogen and oxygen atoms in total. The third-order valence-electron chi connectivity index (χ3n) is 3.49. The summed E-state index contributed by atoms with van der Waals surface area (Å²) in [7, 11) is 1.72. The molecule has 2 aromatic heterocycles. The van der Waals surface area contributed by atoms with Crippen molar-refractivity contribution in [3.8, 4) is 0 Å². The topological polar surface area (TPSA) is 59.2 Å². The number of hydrogen-bond donors (Lipinski definition) is 0. The number of rotatable bonds is 2. The van der Waals surface area contributed by atoms with E-state index < -0.39 is 0 Å². The molecule has 0 aliphatic rings. The second-order valence-corrected chi connectivity index (χ2v) is 4.95. The molecule has 0 bridgehead atoms. The quantitative estimate of drug-likeness (QED) is 0.724. The molecule has 0 saturated heterocycles. The SMILES string of the molecule is Cc1noc(C)c1N(C)C(=O)c1ccc2ncccc2c1. The Morgan fingerprint density at radius 2 is 2.05 bits per heavy atom. The highest BCUT2D eigenvalue weighted by atomic mass is 16.5. The summed E-state index contributed by atoms with van der Waals surface area (Å²) >= 11 is 0. The maximum absolute atomic E-state index is 12.6. The van der Waals surface area contributed by atoms with Crippen molar-refractivity contribution in [1.82, 2.24) is 10.1 Å². The van der Waals surface area contributed by atoms with Gasteiger partial charge in [-0.05, 0) is 38.1 Å². The van der Waals surface area contributed by atoms with E-state index in [0.29, 0.717) is 22.7 Å². The zero-order valence-electron chi connectivity index (χ0n) is 12.1. The van der Waals surface area contributed by atoms with E-state index in [1.54, 1.807) is 31.1 Å². The molecule has 106 valence electrons. The maximum Gasteiger partial charge on any atom is 0.258 e. The first-order chi connectivity index (χ1) is 10.1. The Morgan fingerprint density at radius 3 is 2.76 bits per heavy atom. The van der Waals surface area contributed by atoms with E-state index in [0.717, 1.165) is 10.9 Å². The number of pyridine rings is 1. The fourth-order valence-electron chi connectivity index (χ4n) is 2.46. The second-order valence-electron chi connectivity index (χ2n) is 4.95. The highest BCUT2D eigenvalue weighted by Crippen LogP contribution is 2.25. The van der Waals surface area contributed by atoms with E-state index >= 15 is 0 Å². The number of aryl methyl sites for hydroxylation is 2. The first-order valence-corrected chi connectivity index (χ1v) is 6.63. The van der Waals surface area contributed by atoms with Gasteiger partial charge in [0.1, 0.15) is 11.4 Å². The Morgan fingerprint density at radius 1 is 1.24 bits per heavy atom. The van der Waals surface area contributed by atoms with Crippen molar-refractivity contribution in [2.75, 3.05) is 11.9 Å². The van der Waals surface area contributed by atoms with Gasteiger partial charge in [0.15, 0.2) is 5.76 Å². The van der Waals surface area contributed by atoms with Gasteiger partial charge in [-0.25, -0.2) is 0 Å². The normalized spacial score (nSPS) is 10.8. The predicted molar refractivity (Wildman–Crippen MR) is 80.5 cm³/mol. The van der Waals surface area contributed by atoms with Crippen LogP contribution in [0.25, 0.3) is 10.9 Å². The molecule has 0 spiro atoms. The molecule has 0 aliphatic carbocycles. The molecule has 5 heteroatoms. The van der Waals surface area contributed by atoms with E-state index in [1.165, 1.54) is 0 Å². The number of aromatic nitrogens is 2. The largest absolute Gasteiger partial charge is 0.359 e. The number of fused-ring (bicyclic) bond motifs is 1. The van der Waals surface area contributed by atoms with Gasteiger partial charge in [-0.2, -0.15) is 0 Å². The lowest BCUT2D eigenvalue weighted by Gasteiger charge is -2.16. The first-order valence-electron chi connectivity index (χ1n) is 6.63. The van der Waals surface area contributed by atoms with Gasteiger partial charge >= 0.3 is 0 Å². The minimum absolute atomic E-state index is 0.102. The molecule has 0 aliphatic heterocycles. The molecule has 3 aromatic rings. The third kappa shape index (κ3) is 2.27. The van der Waals surface area contributed by atoms with Crippen LogP contribution in [0.1, 0.15) is 21.8 Å². The van der Waals surface area contributed by atoms with Gasteiger partial charge in [-0.15, -0.1) is 0 Å². The van der Waals surface area contributed by atoms with Crippen molar-refractivity contribution in [3.05, 3.63) is 53.5 Å². The maximum atomic E-state index is 12.6. The van der Waals surface area contributed by atoms with Crippen molar-refractivity contribution in [2.45, 2.75) is 13.8 Å². The summed E-state index contributed by atoms with van der Waals surface area (Å²) in [5, 5.41) is 4.82. The van der Waals surface area contributed by atoms with E-state index in [9.17, 15) is 4.79 Å². The van der Waals surface area contributed by atoms with E-state index in [4.69, 9.17) is 4.52 Å². The Bertz CT molecular complexity index is 804. The number of nitrogens with zero attached hydrogens (tertiary/aromatic N) is 3. The fourth-order valence-corrected chi connectivity index (χ4v) is 2.46. The molecule has 3 rings (SSSR count). The van der Waals surface area contributed by atoms with Crippen LogP contribution < -0.4 is 4.90 Å². The monoisotopic (exact) mass is 281 g/mol. The molecular weight excluding hydrogens is 266 g/mol. The standard InChI is InChI=1S/C16H15N3O2/c1-10-15(11(2)21-18-10)19(3)16(20)13-6-7-14-12(9-13)5-4-8-17-14/h4-9H,1-3H3. The van der Waals surface area contributed by atoms with Crippen LogP contribution in [0.4, 0.5) is 5.69 Å². The van der Waals surface area contributed by atoms with Gasteiger partial charge in [-0.1, -0.05) is 11.2 Å². The number of carbonyl (C=O) groups excluding carboxylic acids is 1. The van der Waals surface area contributed by atoms with Gasteiger partial charge in [0.25, 0.3) is 5.91 Å². The zero-order chi connectivity index (χ0) is 15.0. The first kappa shape index (κ1) is 13.3. The van der Waals surface area contributed by atoms with Crippen LogP contribution >= 0.6 is 0 Å². The number of amides is 1. The van der Waals surface area contributed by atoms with Crippen LogP contribution in [0.2, 0.25) is 0 Å². The summed E-state index contributed by atoms with van der Waals surface area (Å²) in [6.07, 6.45) is 1.74. The smallest absolute Gasteiger partial charge is 0.258 e. The van der Waals surface area contributed by atoms with Crippen LogP contribution in [0.3, 0.4) is 0 Å². The van der Waals surface area contributed by atoms with E-state index in [1.807, 2.05) is 31.2 Å². The van der Waals surface area contributed by atoms with Crippen LogP contribution in [0.15, 0.2) is 41.1 Å². The van der Waals surface area contributed by atoms with Crippen molar-refractivity contribution >= 4 is 22.5 Å². The molecule has 0 radical (unpaired) electrons.